The van der Waals surface area contributed by atoms with E-state index in [-0.39, 0.29) is 18.2 Å². The normalized spacial score (nSPS) is 21.4. The van der Waals surface area contributed by atoms with E-state index in [2.05, 4.69) is 4.98 Å². The van der Waals surface area contributed by atoms with Crippen LogP contribution >= 0.6 is 0 Å². The molecule has 1 aromatic carbocycles. The minimum absolute atomic E-state index is 0.0363. The standard InChI is InChI=1S/C16H18N2O3/c1-12-2-7-15(21-12)10-20-16(19)13-3-5-14(6-4-13)18-9-8-17-11-18/h3-6,8-9,11-12,15H,2,7,10H2,1H3. The average Bonchev–Trinajstić information content (AvgIpc) is 3.16. The van der Waals surface area contributed by atoms with Crippen LogP contribution in [-0.4, -0.2) is 34.3 Å². The number of esters is 1. The Labute approximate surface area is 123 Å². The van der Waals surface area contributed by atoms with Crippen molar-refractivity contribution < 1.29 is 14.3 Å². The van der Waals surface area contributed by atoms with Gasteiger partial charge in [-0.1, -0.05) is 0 Å². The van der Waals surface area contributed by atoms with Gasteiger partial charge in [0, 0.05) is 18.1 Å². The Morgan fingerprint density at radius 3 is 2.81 bits per heavy atom. The highest BCUT2D eigenvalue weighted by Crippen LogP contribution is 2.19. The summed E-state index contributed by atoms with van der Waals surface area (Å²) in [6.45, 7) is 2.36. The lowest BCUT2D eigenvalue weighted by molar-refractivity contribution is -0.00265. The van der Waals surface area contributed by atoms with Crippen molar-refractivity contribution in [3.05, 3.63) is 48.5 Å². The molecule has 1 aliphatic heterocycles. The molecule has 110 valence electrons. The Bertz CT molecular complexity index is 592. The van der Waals surface area contributed by atoms with Crippen molar-refractivity contribution in [3.8, 4) is 5.69 Å². The molecule has 0 spiro atoms. The third kappa shape index (κ3) is 3.31. The fraction of sp³-hybridized carbons (Fsp3) is 0.375. The zero-order valence-corrected chi connectivity index (χ0v) is 11.9. The highest BCUT2D eigenvalue weighted by atomic mass is 16.6. The molecule has 0 bridgehead atoms. The number of hydrogen-bond acceptors (Lipinski definition) is 4. The molecule has 21 heavy (non-hydrogen) atoms. The van der Waals surface area contributed by atoms with E-state index < -0.39 is 0 Å². The molecule has 1 aromatic heterocycles. The van der Waals surface area contributed by atoms with Gasteiger partial charge in [-0.15, -0.1) is 0 Å². The Balaban J connectivity index is 1.57. The molecule has 1 saturated heterocycles. The van der Waals surface area contributed by atoms with Gasteiger partial charge in [-0.2, -0.15) is 0 Å². The molecule has 0 saturated carbocycles. The summed E-state index contributed by atoms with van der Waals surface area (Å²) in [5, 5.41) is 0. The van der Waals surface area contributed by atoms with Crippen LogP contribution in [-0.2, 0) is 9.47 Å². The van der Waals surface area contributed by atoms with Gasteiger partial charge in [-0.25, -0.2) is 9.78 Å². The summed E-state index contributed by atoms with van der Waals surface area (Å²) in [5.41, 5.74) is 1.50. The summed E-state index contributed by atoms with van der Waals surface area (Å²) in [6, 6.07) is 7.25. The lowest BCUT2D eigenvalue weighted by Crippen LogP contribution is -2.19. The van der Waals surface area contributed by atoms with Crippen LogP contribution in [0.2, 0.25) is 0 Å². The van der Waals surface area contributed by atoms with Gasteiger partial charge in [0.1, 0.15) is 6.61 Å². The van der Waals surface area contributed by atoms with E-state index in [9.17, 15) is 4.79 Å². The minimum Gasteiger partial charge on any atom is -0.459 e. The van der Waals surface area contributed by atoms with Crippen LogP contribution in [0.5, 0.6) is 0 Å². The maximum absolute atomic E-state index is 12.0. The SMILES string of the molecule is CC1CCC(COC(=O)c2ccc(-n3ccnc3)cc2)O1. The van der Waals surface area contributed by atoms with E-state index in [1.807, 2.05) is 29.8 Å². The van der Waals surface area contributed by atoms with Crippen LogP contribution in [0.15, 0.2) is 43.0 Å². The maximum atomic E-state index is 12.0. The Hall–Kier alpha value is -2.14. The van der Waals surface area contributed by atoms with Crippen LogP contribution in [0, 0.1) is 0 Å². The third-order valence-corrected chi connectivity index (χ3v) is 3.63. The van der Waals surface area contributed by atoms with Crippen molar-refractivity contribution in [3.63, 3.8) is 0 Å². The molecular formula is C16H18N2O3. The number of nitrogens with zero attached hydrogens (tertiary/aromatic N) is 2. The number of benzene rings is 1. The van der Waals surface area contributed by atoms with Crippen LogP contribution in [0.3, 0.4) is 0 Å². The summed E-state index contributed by atoms with van der Waals surface area (Å²) < 4.78 is 12.8. The second-order valence-electron chi connectivity index (χ2n) is 5.26. The lowest BCUT2D eigenvalue weighted by Gasteiger charge is -2.11. The molecule has 2 heterocycles. The summed E-state index contributed by atoms with van der Waals surface area (Å²) in [4.78, 5) is 16.0. The number of aromatic nitrogens is 2. The van der Waals surface area contributed by atoms with Crippen molar-refractivity contribution in [2.24, 2.45) is 0 Å². The fourth-order valence-electron chi connectivity index (χ4n) is 2.44. The molecule has 0 amide bonds. The molecule has 0 radical (unpaired) electrons. The fourth-order valence-corrected chi connectivity index (χ4v) is 2.44. The second kappa shape index (κ2) is 6.10. The number of carbonyl (C=O) groups excluding carboxylic acids is 1. The van der Waals surface area contributed by atoms with Crippen molar-refractivity contribution in [1.29, 1.82) is 0 Å². The first-order valence-electron chi connectivity index (χ1n) is 7.13. The van der Waals surface area contributed by atoms with Crippen molar-refractivity contribution >= 4 is 5.97 Å². The van der Waals surface area contributed by atoms with Crippen molar-refractivity contribution in [2.75, 3.05) is 6.61 Å². The van der Waals surface area contributed by atoms with E-state index in [4.69, 9.17) is 9.47 Å². The Morgan fingerprint density at radius 2 is 2.19 bits per heavy atom. The molecule has 1 aliphatic rings. The number of imidazole rings is 1. The molecule has 3 rings (SSSR count). The van der Waals surface area contributed by atoms with Crippen LogP contribution in [0.1, 0.15) is 30.1 Å². The molecule has 0 aliphatic carbocycles. The predicted molar refractivity (Wildman–Crippen MR) is 77.4 cm³/mol. The molecule has 2 aromatic rings. The summed E-state index contributed by atoms with van der Waals surface area (Å²) in [7, 11) is 0. The Kier molecular flexibility index (Phi) is 4.01. The number of ether oxygens (including phenoxy) is 2. The van der Waals surface area contributed by atoms with E-state index in [1.54, 1.807) is 24.7 Å². The molecular weight excluding hydrogens is 268 g/mol. The number of carbonyl (C=O) groups is 1. The molecule has 5 nitrogen and oxygen atoms in total. The smallest absolute Gasteiger partial charge is 0.338 e. The molecule has 2 unspecified atom stereocenters. The first kappa shape index (κ1) is 13.8. The second-order valence-corrected chi connectivity index (χ2v) is 5.26. The van der Waals surface area contributed by atoms with Gasteiger partial charge in [0.15, 0.2) is 0 Å². The largest absolute Gasteiger partial charge is 0.459 e. The molecule has 1 fully saturated rings. The van der Waals surface area contributed by atoms with Gasteiger partial charge in [0.2, 0.25) is 0 Å². The minimum atomic E-state index is -0.310. The highest BCUT2D eigenvalue weighted by molar-refractivity contribution is 5.89. The monoisotopic (exact) mass is 286 g/mol. The molecule has 2 atom stereocenters. The van der Waals surface area contributed by atoms with E-state index in [0.717, 1.165) is 18.5 Å². The zero-order valence-electron chi connectivity index (χ0n) is 11.9. The van der Waals surface area contributed by atoms with Crippen LogP contribution in [0.25, 0.3) is 5.69 Å². The van der Waals surface area contributed by atoms with Gasteiger partial charge in [-0.3, -0.25) is 0 Å². The summed E-state index contributed by atoms with van der Waals surface area (Å²) >= 11 is 0. The summed E-state index contributed by atoms with van der Waals surface area (Å²) in [6.07, 6.45) is 7.57. The van der Waals surface area contributed by atoms with Crippen molar-refractivity contribution in [1.82, 2.24) is 9.55 Å². The third-order valence-electron chi connectivity index (χ3n) is 3.63. The van der Waals surface area contributed by atoms with E-state index in [1.165, 1.54) is 0 Å². The van der Waals surface area contributed by atoms with Crippen LogP contribution in [0.4, 0.5) is 0 Å². The molecule has 0 N–H and O–H groups in total. The van der Waals surface area contributed by atoms with Gasteiger partial charge in [0.05, 0.1) is 24.1 Å². The average molecular weight is 286 g/mol. The van der Waals surface area contributed by atoms with Crippen LogP contribution < -0.4 is 0 Å². The Morgan fingerprint density at radius 1 is 1.38 bits per heavy atom. The topological polar surface area (TPSA) is 53.4 Å². The van der Waals surface area contributed by atoms with E-state index >= 15 is 0 Å². The predicted octanol–water partition coefficient (Wildman–Crippen LogP) is 2.60. The first-order valence-corrected chi connectivity index (χ1v) is 7.13. The van der Waals surface area contributed by atoms with Gasteiger partial charge >= 0.3 is 5.97 Å². The first-order chi connectivity index (χ1) is 10.2. The zero-order chi connectivity index (χ0) is 14.7. The molecule has 5 heteroatoms. The quantitative estimate of drug-likeness (QED) is 0.811. The van der Waals surface area contributed by atoms with Gasteiger partial charge < -0.3 is 14.0 Å². The van der Waals surface area contributed by atoms with Gasteiger partial charge in [-0.05, 0) is 44.0 Å². The van der Waals surface area contributed by atoms with E-state index in [0.29, 0.717) is 12.2 Å². The number of hydrogen-bond donors (Lipinski definition) is 0. The van der Waals surface area contributed by atoms with Gasteiger partial charge in [0.25, 0.3) is 0 Å². The number of rotatable bonds is 4. The lowest BCUT2D eigenvalue weighted by atomic mass is 10.2. The summed E-state index contributed by atoms with van der Waals surface area (Å²) in [5.74, 6) is -0.310. The van der Waals surface area contributed by atoms with Crippen molar-refractivity contribution in [2.45, 2.75) is 32.0 Å². The maximum Gasteiger partial charge on any atom is 0.338 e. The highest BCUT2D eigenvalue weighted by Gasteiger charge is 2.23.